The van der Waals surface area contributed by atoms with E-state index in [1.807, 2.05) is 12.1 Å². The Kier molecular flexibility index (Phi) is 4.87. The summed E-state index contributed by atoms with van der Waals surface area (Å²) in [5, 5.41) is 5.66. The fraction of sp³-hybridized carbons (Fsp3) is 0.375. The van der Waals surface area contributed by atoms with Crippen molar-refractivity contribution in [3.63, 3.8) is 0 Å². The molecule has 1 atom stereocenters. The highest BCUT2D eigenvalue weighted by molar-refractivity contribution is 7.07. The second-order valence-corrected chi connectivity index (χ2v) is 7.14. The molecule has 1 fully saturated rings. The average molecular weight is 341 g/mol. The Labute approximate surface area is 139 Å². The van der Waals surface area contributed by atoms with Crippen molar-refractivity contribution >= 4 is 34.5 Å². The Balaban J connectivity index is 1.87. The first-order valence-corrected chi connectivity index (χ1v) is 8.80. The minimum absolute atomic E-state index is 0.161. The van der Waals surface area contributed by atoms with Crippen molar-refractivity contribution in [3.05, 3.63) is 56.2 Å². The van der Waals surface area contributed by atoms with E-state index in [1.54, 1.807) is 17.4 Å². The SMILES string of the molecule is NCC(c1cc(Cl)cc(Cl)c1)N(Cc1ccsc1)C1CC1. The molecule has 1 unspecified atom stereocenters. The van der Waals surface area contributed by atoms with Crippen molar-refractivity contribution in [1.82, 2.24) is 4.90 Å². The fourth-order valence-corrected chi connectivity index (χ4v) is 3.93. The molecule has 1 aromatic heterocycles. The maximum Gasteiger partial charge on any atom is 0.0477 e. The van der Waals surface area contributed by atoms with E-state index in [0.717, 1.165) is 12.1 Å². The van der Waals surface area contributed by atoms with Crippen molar-refractivity contribution in [2.75, 3.05) is 6.54 Å². The number of nitrogens with two attached hydrogens (primary N) is 1. The van der Waals surface area contributed by atoms with Gasteiger partial charge in [0.2, 0.25) is 0 Å². The minimum atomic E-state index is 0.161. The molecule has 1 aromatic carbocycles. The Morgan fingerprint density at radius 2 is 1.95 bits per heavy atom. The monoisotopic (exact) mass is 340 g/mol. The highest BCUT2D eigenvalue weighted by Crippen LogP contribution is 2.37. The van der Waals surface area contributed by atoms with Crippen molar-refractivity contribution in [2.45, 2.75) is 31.5 Å². The number of rotatable bonds is 6. The highest BCUT2D eigenvalue weighted by Gasteiger charge is 2.34. The third-order valence-electron chi connectivity index (χ3n) is 3.85. The summed E-state index contributed by atoms with van der Waals surface area (Å²) in [6, 6.07) is 8.69. The van der Waals surface area contributed by atoms with Crippen LogP contribution in [-0.4, -0.2) is 17.5 Å². The molecular formula is C16H18Cl2N2S. The maximum atomic E-state index is 6.15. The molecule has 5 heteroatoms. The first kappa shape index (κ1) is 15.3. The van der Waals surface area contributed by atoms with Crippen LogP contribution in [0.25, 0.3) is 0 Å². The molecule has 21 heavy (non-hydrogen) atoms. The predicted octanol–water partition coefficient (Wildman–Crippen LogP) is 4.72. The molecule has 0 bridgehead atoms. The third kappa shape index (κ3) is 3.79. The molecular weight excluding hydrogens is 323 g/mol. The molecule has 2 nitrogen and oxygen atoms in total. The van der Waals surface area contributed by atoms with Crippen molar-refractivity contribution < 1.29 is 0 Å². The second kappa shape index (κ2) is 6.67. The first-order valence-electron chi connectivity index (χ1n) is 7.10. The van der Waals surface area contributed by atoms with E-state index in [1.165, 1.54) is 18.4 Å². The summed E-state index contributed by atoms with van der Waals surface area (Å²) in [5.41, 5.74) is 8.53. The molecule has 0 aliphatic heterocycles. The van der Waals surface area contributed by atoms with Gasteiger partial charge in [0, 0.05) is 35.2 Å². The zero-order chi connectivity index (χ0) is 14.8. The predicted molar refractivity (Wildman–Crippen MR) is 91.1 cm³/mol. The van der Waals surface area contributed by atoms with Crippen LogP contribution in [-0.2, 0) is 6.54 Å². The number of nitrogens with zero attached hydrogens (tertiary/aromatic N) is 1. The molecule has 0 spiro atoms. The first-order chi connectivity index (χ1) is 10.2. The zero-order valence-electron chi connectivity index (χ0n) is 11.6. The Bertz CT molecular complexity index is 576. The van der Waals surface area contributed by atoms with Crippen molar-refractivity contribution in [3.8, 4) is 0 Å². The van der Waals surface area contributed by atoms with E-state index in [2.05, 4.69) is 21.7 Å². The molecule has 0 amide bonds. The van der Waals surface area contributed by atoms with E-state index >= 15 is 0 Å². The van der Waals surface area contributed by atoms with Crippen LogP contribution < -0.4 is 5.73 Å². The molecule has 0 radical (unpaired) electrons. The van der Waals surface area contributed by atoms with Gasteiger partial charge < -0.3 is 5.73 Å². The number of hydrogen-bond acceptors (Lipinski definition) is 3. The van der Waals surface area contributed by atoms with Gasteiger partial charge in [-0.05, 0) is 59.0 Å². The Morgan fingerprint density at radius 3 is 2.48 bits per heavy atom. The van der Waals surface area contributed by atoms with Gasteiger partial charge in [-0.25, -0.2) is 0 Å². The van der Waals surface area contributed by atoms with Gasteiger partial charge in [0.25, 0.3) is 0 Å². The lowest BCUT2D eigenvalue weighted by Gasteiger charge is -2.31. The van der Waals surface area contributed by atoms with Crippen LogP contribution in [0.5, 0.6) is 0 Å². The molecule has 2 aromatic rings. The van der Waals surface area contributed by atoms with Crippen LogP contribution in [0.15, 0.2) is 35.0 Å². The average Bonchev–Trinajstić information content (AvgIpc) is 3.15. The van der Waals surface area contributed by atoms with Gasteiger partial charge in [-0.3, -0.25) is 4.90 Å². The van der Waals surface area contributed by atoms with Crippen LogP contribution in [0.1, 0.15) is 30.0 Å². The summed E-state index contributed by atoms with van der Waals surface area (Å²) in [4.78, 5) is 2.49. The smallest absolute Gasteiger partial charge is 0.0477 e. The van der Waals surface area contributed by atoms with E-state index in [9.17, 15) is 0 Å². The molecule has 1 heterocycles. The number of benzene rings is 1. The van der Waals surface area contributed by atoms with Gasteiger partial charge in [-0.2, -0.15) is 11.3 Å². The van der Waals surface area contributed by atoms with E-state index in [0.29, 0.717) is 22.6 Å². The van der Waals surface area contributed by atoms with Gasteiger partial charge in [0.1, 0.15) is 0 Å². The quantitative estimate of drug-likeness (QED) is 0.824. The minimum Gasteiger partial charge on any atom is -0.329 e. The molecule has 112 valence electrons. The molecule has 1 saturated carbocycles. The number of halogens is 2. The standard InChI is InChI=1S/C16H18Cl2N2S/c17-13-5-12(6-14(18)7-13)16(8-19)20(15-1-2-15)9-11-3-4-21-10-11/h3-7,10,15-16H,1-2,8-9,19H2. The summed E-state index contributed by atoms with van der Waals surface area (Å²) < 4.78 is 0. The topological polar surface area (TPSA) is 29.3 Å². The molecule has 1 aliphatic carbocycles. The highest BCUT2D eigenvalue weighted by atomic mass is 35.5. The van der Waals surface area contributed by atoms with Gasteiger partial charge in [0.05, 0.1) is 0 Å². The van der Waals surface area contributed by atoms with Gasteiger partial charge in [0.15, 0.2) is 0 Å². The summed E-state index contributed by atoms with van der Waals surface area (Å²) >= 11 is 14.0. The second-order valence-electron chi connectivity index (χ2n) is 5.49. The summed E-state index contributed by atoms with van der Waals surface area (Å²) in [7, 11) is 0. The molecule has 0 saturated heterocycles. The normalized spacial score (nSPS) is 16.4. The fourth-order valence-electron chi connectivity index (χ4n) is 2.72. The lowest BCUT2D eigenvalue weighted by Crippen LogP contribution is -2.35. The number of thiophene rings is 1. The van der Waals surface area contributed by atoms with Crippen LogP contribution in [0.4, 0.5) is 0 Å². The van der Waals surface area contributed by atoms with Gasteiger partial charge in [-0.15, -0.1) is 0 Å². The van der Waals surface area contributed by atoms with E-state index in [4.69, 9.17) is 28.9 Å². The largest absolute Gasteiger partial charge is 0.329 e. The lowest BCUT2D eigenvalue weighted by molar-refractivity contribution is 0.182. The maximum absolute atomic E-state index is 6.15. The Hall–Kier alpha value is -0.580. The van der Waals surface area contributed by atoms with E-state index in [-0.39, 0.29) is 6.04 Å². The molecule has 2 N–H and O–H groups in total. The Morgan fingerprint density at radius 1 is 1.24 bits per heavy atom. The van der Waals surface area contributed by atoms with E-state index < -0.39 is 0 Å². The lowest BCUT2D eigenvalue weighted by atomic mass is 10.0. The van der Waals surface area contributed by atoms with Gasteiger partial charge >= 0.3 is 0 Å². The summed E-state index contributed by atoms with van der Waals surface area (Å²) in [5.74, 6) is 0. The van der Waals surface area contributed by atoms with Crippen molar-refractivity contribution in [1.29, 1.82) is 0 Å². The van der Waals surface area contributed by atoms with Gasteiger partial charge in [-0.1, -0.05) is 23.2 Å². The van der Waals surface area contributed by atoms with Crippen LogP contribution in [0, 0.1) is 0 Å². The number of hydrogen-bond donors (Lipinski definition) is 1. The zero-order valence-corrected chi connectivity index (χ0v) is 14.0. The van der Waals surface area contributed by atoms with Crippen LogP contribution in [0.3, 0.4) is 0 Å². The van der Waals surface area contributed by atoms with Crippen molar-refractivity contribution in [2.24, 2.45) is 5.73 Å². The molecule has 3 rings (SSSR count). The molecule has 1 aliphatic rings. The summed E-state index contributed by atoms with van der Waals surface area (Å²) in [6.45, 7) is 1.50. The summed E-state index contributed by atoms with van der Waals surface area (Å²) in [6.07, 6.45) is 2.49. The van der Waals surface area contributed by atoms with Crippen LogP contribution in [0.2, 0.25) is 10.0 Å². The van der Waals surface area contributed by atoms with Crippen LogP contribution >= 0.6 is 34.5 Å². The third-order valence-corrected chi connectivity index (χ3v) is 5.02.